The molecule has 2 N–H and O–H groups in total. The van der Waals surface area contributed by atoms with Crippen LogP contribution in [0.5, 0.6) is 0 Å². The van der Waals surface area contributed by atoms with Crippen LogP contribution in [-0.4, -0.2) is 38.3 Å². The van der Waals surface area contributed by atoms with Gasteiger partial charge in [-0.15, -0.1) is 0 Å². The molecule has 0 aliphatic carbocycles. The van der Waals surface area contributed by atoms with Gasteiger partial charge in [-0.25, -0.2) is 4.98 Å². The Balaban J connectivity index is 1.96. The number of nitrogens with zero attached hydrogens (tertiary/aromatic N) is 3. The van der Waals surface area contributed by atoms with Crippen molar-refractivity contribution in [2.45, 2.75) is 26.2 Å². The first-order valence-electron chi connectivity index (χ1n) is 6.78. The number of carboxylic acids is 1. The number of carboxylic acid groups (broad SMARTS) is 1. The molecule has 0 radical (unpaired) electrons. The van der Waals surface area contributed by atoms with Gasteiger partial charge in [-0.1, -0.05) is 0 Å². The number of amides is 1. The average Bonchev–Trinajstić information content (AvgIpc) is 2.72. The summed E-state index contributed by atoms with van der Waals surface area (Å²) >= 11 is 0. The zero-order valence-corrected chi connectivity index (χ0v) is 12.1. The van der Waals surface area contributed by atoms with Crippen LogP contribution in [0, 0.1) is 6.92 Å². The van der Waals surface area contributed by atoms with Gasteiger partial charge in [-0.05, 0) is 25.8 Å². The Morgan fingerprint density at radius 1 is 1.38 bits per heavy atom. The first-order valence-corrected chi connectivity index (χ1v) is 6.78. The molecule has 1 amide bonds. The lowest BCUT2D eigenvalue weighted by Gasteiger charge is -2.04. The standard InChI is InChI=1S/C14H18N4O3/c1-9-11-7-10(8-16-13(11)18(2)17-9)14(21)15-6-4-3-5-12(19)20/h7-8H,3-6H2,1-2H3,(H,15,21)(H,19,20). The lowest BCUT2D eigenvalue weighted by atomic mass is 10.2. The molecule has 0 bridgehead atoms. The maximum atomic E-state index is 12.0. The minimum absolute atomic E-state index is 0.123. The third-order valence-electron chi connectivity index (χ3n) is 3.23. The highest BCUT2D eigenvalue weighted by Crippen LogP contribution is 2.16. The Kier molecular flexibility index (Phi) is 4.52. The number of nitrogens with one attached hydrogen (secondary N) is 1. The third-order valence-corrected chi connectivity index (χ3v) is 3.23. The van der Waals surface area contributed by atoms with E-state index in [1.807, 2.05) is 14.0 Å². The Morgan fingerprint density at radius 3 is 2.86 bits per heavy atom. The molecule has 0 aliphatic rings. The number of carbonyl (C=O) groups excluding carboxylic acids is 1. The van der Waals surface area contributed by atoms with Crippen LogP contribution in [0.15, 0.2) is 12.3 Å². The molecule has 112 valence electrons. The van der Waals surface area contributed by atoms with Gasteiger partial charge in [0.2, 0.25) is 0 Å². The fraction of sp³-hybridized carbons (Fsp3) is 0.429. The van der Waals surface area contributed by atoms with Crippen molar-refractivity contribution in [1.29, 1.82) is 0 Å². The first kappa shape index (κ1) is 15.0. The Labute approximate surface area is 122 Å². The number of unbranched alkanes of at least 4 members (excludes halogenated alkanes) is 1. The molecule has 0 saturated carbocycles. The van der Waals surface area contributed by atoms with Crippen LogP contribution in [0.25, 0.3) is 11.0 Å². The monoisotopic (exact) mass is 290 g/mol. The van der Waals surface area contributed by atoms with Gasteiger partial charge >= 0.3 is 5.97 Å². The molecule has 0 fully saturated rings. The van der Waals surface area contributed by atoms with Crippen molar-refractivity contribution in [3.05, 3.63) is 23.5 Å². The van der Waals surface area contributed by atoms with E-state index in [0.29, 0.717) is 24.9 Å². The van der Waals surface area contributed by atoms with Crippen molar-refractivity contribution in [3.8, 4) is 0 Å². The molecule has 2 aromatic rings. The number of aromatic nitrogens is 3. The van der Waals surface area contributed by atoms with Crippen molar-refractivity contribution in [2.75, 3.05) is 6.54 Å². The number of fused-ring (bicyclic) bond motifs is 1. The van der Waals surface area contributed by atoms with Crippen LogP contribution >= 0.6 is 0 Å². The van der Waals surface area contributed by atoms with Gasteiger partial charge in [0.25, 0.3) is 5.91 Å². The molecule has 0 spiro atoms. The van der Waals surface area contributed by atoms with Gasteiger partial charge in [0.1, 0.15) is 0 Å². The summed E-state index contributed by atoms with van der Waals surface area (Å²) in [5.74, 6) is -1.02. The molecule has 0 aliphatic heterocycles. The molecule has 7 heteroatoms. The molecule has 0 aromatic carbocycles. The van der Waals surface area contributed by atoms with E-state index in [0.717, 1.165) is 16.7 Å². The maximum absolute atomic E-state index is 12.0. The Morgan fingerprint density at radius 2 is 2.14 bits per heavy atom. The summed E-state index contributed by atoms with van der Waals surface area (Å²) in [4.78, 5) is 26.6. The Hall–Kier alpha value is -2.44. The number of aryl methyl sites for hydroxylation is 2. The highest BCUT2D eigenvalue weighted by Gasteiger charge is 2.11. The van der Waals surface area contributed by atoms with Crippen molar-refractivity contribution in [2.24, 2.45) is 7.05 Å². The summed E-state index contributed by atoms with van der Waals surface area (Å²) in [5.41, 5.74) is 2.05. The summed E-state index contributed by atoms with van der Waals surface area (Å²) < 4.78 is 1.68. The fourth-order valence-electron chi connectivity index (χ4n) is 2.14. The molecule has 7 nitrogen and oxygen atoms in total. The van der Waals surface area contributed by atoms with Crippen molar-refractivity contribution in [3.63, 3.8) is 0 Å². The van der Waals surface area contributed by atoms with Gasteiger partial charge in [0.05, 0.1) is 11.3 Å². The second-order valence-electron chi connectivity index (χ2n) is 4.91. The number of hydrogen-bond acceptors (Lipinski definition) is 4. The number of rotatable bonds is 6. The predicted octanol–water partition coefficient (Wildman–Crippen LogP) is 1.26. The highest BCUT2D eigenvalue weighted by atomic mass is 16.4. The van der Waals surface area contributed by atoms with E-state index < -0.39 is 5.97 Å². The van der Waals surface area contributed by atoms with Crippen LogP contribution in [-0.2, 0) is 11.8 Å². The van der Waals surface area contributed by atoms with Gasteiger partial charge in [-0.3, -0.25) is 14.3 Å². The van der Waals surface area contributed by atoms with Gasteiger partial charge in [0.15, 0.2) is 5.65 Å². The van der Waals surface area contributed by atoms with E-state index in [2.05, 4.69) is 15.4 Å². The molecule has 2 aromatic heterocycles. The summed E-state index contributed by atoms with van der Waals surface area (Å²) in [6.07, 6.45) is 2.84. The van der Waals surface area contributed by atoms with Gasteiger partial charge < -0.3 is 10.4 Å². The topological polar surface area (TPSA) is 97.1 Å². The van der Waals surface area contributed by atoms with E-state index in [-0.39, 0.29) is 12.3 Å². The molecular formula is C14H18N4O3. The smallest absolute Gasteiger partial charge is 0.303 e. The van der Waals surface area contributed by atoms with Crippen molar-refractivity contribution in [1.82, 2.24) is 20.1 Å². The lowest BCUT2D eigenvalue weighted by molar-refractivity contribution is -0.137. The zero-order valence-electron chi connectivity index (χ0n) is 12.1. The molecule has 0 saturated heterocycles. The van der Waals surface area contributed by atoms with Crippen LogP contribution in [0.3, 0.4) is 0 Å². The van der Waals surface area contributed by atoms with E-state index in [4.69, 9.17) is 5.11 Å². The second-order valence-corrected chi connectivity index (χ2v) is 4.91. The number of pyridine rings is 1. The molecule has 2 rings (SSSR count). The van der Waals surface area contributed by atoms with Gasteiger partial charge in [-0.2, -0.15) is 5.10 Å². The fourth-order valence-corrected chi connectivity index (χ4v) is 2.14. The van der Waals surface area contributed by atoms with Crippen LogP contribution in [0.2, 0.25) is 0 Å². The van der Waals surface area contributed by atoms with E-state index in [9.17, 15) is 9.59 Å². The van der Waals surface area contributed by atoms with E-state index >= 15 is 0 Å². The third kappa shape index (κ3) is 3.56. The van der Waals surface area contributed by atoms with Crippen molar-refractivity contribution >= 4 is 22.9 Å². The second kappa shape index (κ2) is 6.34. The van der Waals surface area contributed by atoms with Crippen LogP contribution in [0.1, 0.15) is 35.3 Å². The minimum Gasteiger partial charge on any atom is -0.481 e. The summed E-state index contributed by atoms with van der Waals surface area (Å²) in [6.45, 7) is 2.33. The maximum Gasteiger partial charge on any atom is 0.303 e. The Bertz CT molecular complexity index is 678. The summed E-state index contributed by atoms with van der Waals surface area (Å²) in [6, 6.07) is 1.78. The number of carbonyl (C=O) groups is 2. The minimum atomic E-state index is -0.817. The van der Waals surface area contributed by atoms with E-state index in [1.54, 1.807) is 10.7 Å². The highest BCUT2D eigenvalue weighted by molar-refractivity contribution is 5.97. The first-order chi connectivity index (χ1) is 9.99. The molecule has 0 atom stereocenters. The summed E-state index contributed by atoms with van der Waals surface area (Å²) in [5, 5.41) is 16.4. The molecule has 2 heterocycles. The summed E-state index contributed by atoms with van der Waals surface area (Å²) in [7, 11) is 1.81. The SMILES string of the molecule is Cc1nn(C)c2ncc(C(=O)NCCCCC(=O)O)cc12. The van der Waals surface area contributed by atoms with Crippen LogP contribution < -0.4 is 5.32 Å². The molecule has 21 heavy (non-hydrogen) atoms. The molecule has 0 unspecified atom stereocenters. The average molecular weight is 290 g/mol. The van der Waals surface area contributed by atoms with Gasteiger partial charge in [0, 0.05) is 31.6 Å². The quantitative estimate of drug-likeness (QED) is 0.781. The van der Waals surface area contributed by atoms with Crippen molar-refractivity contribution < 1.29 is 14.7 Å². The normalized spacial score (nSPS) is 10.8. The zero-order chi connectivity index (χ0) is 15.4. The predicted molar refractivity (Wildman–Crippen MR) is 77.1 cm³/mol. The van der Waals surface area contributed by atoms with Crippen LogP contribution in [0.4, 0.5) is 0 Å². The number of aliphatic carboxylic acids is 1. The van der Waals surface area contributed by atoms with E-state index in [1.165, 1.54) is 6.20 Å². The number of hydrogen-bond donors (Lipinski definition) is 2. The molecular weight excluding hydrogens is 272 g/mol. The largest absolute Gasteiger partial charge is 0.481 e. The lowest BCUT2D eigenvalue weighted by Crippen LogP contribution is -2.24.